The van der Waals surface area contributed by atoms with Crippen LogP contribution in [0.1, 0.15) is 34.6 Å². The predicted octanol–water partition coefficient (Wildman–Crippen LogP) is 3.03. The monoisotopic (exact) mass is 356 g/mol. The topological polar surface area (TPSA) is 35.5 Å². The number of esters is 1. The smallest absolute Gasteiger partial charge is 0.302 e. The molecule has 0 N–H and O–H groups in total. The van der Waals surface area contributed by atoms with Crippen LogP contribution in [0.4, 0.5) is 0 Å². The number of halogens is 2. The van der Waals surface area contributed by atoms with E-state index in [9.17, 15) is 4.79 Å². The molecule has 5 heteroatoms. The number of hydrogen-bond donors (Lipinski definition) is 0. The quantitative estimate of drug-likeness (QED) is 0.534. The van der Waals surface area contributed by atoms with Crippen LogP contribution in [0.5, 0.6) is 0 Å². The zero-order valence-electron chi connectivity index (χ0n) is 10.2. The molecular weight excluding hydrogens is 340 g/mol. The fraction of sp³-hybridized carbons (Fsp3) is 0.909. The highest BCUT2D eigenvalue weighted by molar-refractivity contribution is 9.10. The van der Waals surface area contributed by atoms with Crippen LogP contribution < -0.4 is 0 Å². The first-order chi connectivity index (χ1) is 7.08. The highest BCUT2D eigenvalue weighted by Gasteiger charge is 2.53. The summed E-state index contributed by atoms with van der Waals surface area (Å²) in [6.07, 6.45) is -0.240. The molecule has 1 fully saturated rings. The first-order valence-electron chi connectivity index (χ1n) is 5.23. The Morgan fingerprint density at radius 2 is 1.50 bits per heavy atom. The first-order valence-corrected chi connectivity index (χ1v) is 7.06. The van der Waals surface area contributed by atoms with Gasteiger partial charge in [0.15, 0.2) is 0 Å². The summed E-state index contributed by atoms with van der Waals surface area (Å²) < 4.78 is 11.4. The lowest BCUT2D eigenvalue weighted by Gasteiger charge is -2.51. The van der Waals surface area contributed by atoms with E-state index in [1.165, 1.54) is 6.92 Å². The van der Waals surface area contributed by atoms with Crippen LogP contribution in [0, 0.1) is 0 Å². The van der Waals surface area contributed by atoms with E-state index in [4.69, 9.17) is 9.47 Å². The van der Waals surface area contributed by atoms with Crippen molar-refractivity contribution in [1.82, 2.24) is 0 Å². The highest BCUT2D eigenvalue weighted by atomic mass is 79.9. The van der Waals surface area contributed by atoms with E-state index >= 15 is 0 Å². The summed E-state index contributed by atoms with van der Waals surface area (Å²) >= 11 is 7.13. The van der Waals surface area contributed by atoms with Crippen LogP contribution in [0.15, 0.2) is 0 Å². The van der Waals surface area contributed by atoms with Gasteiger partial charge in [0.1, 0.15) is 6.10 Å². The number of carbonyl (C=O) groups excluding carboxylic acids is 1. The second-order valence-electron chi connectivity index (χ2n) is 5.19. The van der Waals surface area contributed by atoms with Crippen molar-refractivity contribution in [3.63, 3.8) is 0 Å². The molecule has 0 saturated carbocycles. The molecule has 0 aromatic carbocycles. The molecule has 0 aromatic heterocycles. The van der Waals surface area contributed by atoms with Gasteiger partial charge < -0.3 is 9.47 Å². The van der Waals surface area contributed by atoms with Gasteiger partial charge in [-0.1, -0.05) is 31.9 Å². The van der Waals surface area contributed by atoms with Crippen LogP contribution >= 0.6 is 31.9 Å². The molecule has 1 unspecified atom stereocenters. The van der Waals surface area contributed by atoms with Crippen molar-refractivity contribution in [2.45, 2.75) is 61.6 Å². The van der Waals surface area contributed by atoms with Gasteiger partial charge in [0.25, 0.3) is 0 Å². The maximum Gasteiger partial charge on any atom is 0.302 e. The van der Waals surface area contributed by atoms with E-state index in [1.807, 2.05) is 27.7 Å². The molecular formula is C11H18Br2O3. The molecule has 3 nitrogen and oxygen atoms in total. The van der Waals surface area contributed by atoms with Gasteiger partial charge in [-0.2, -0.15) is 0 Å². The molecule has 94 valence electrons. The van der Waals surface area contributed by atoms with Gasteiger partial charge in [-0.3, -0.25) is 4.79 Å². The minimum absolute atomic E-state index is 0.0405. The zero-order valence-corrected chi connectivity index (χ0v) is 13.4. The molecule has 0 aromatic rings. The van der Waals surface area contributed by atoms with Crippen molar-refractivity contribution in [1.29, 1.82) is 0 Å². The van der Waals surface area contributed by atoms with Gasteiger partial charge in [0.05, 0.1) is 20.9 Å². The van der Waals surface area contributed by atoms with Crippen molar-refractivity contribution < 1.29 is 14.3 Å². The summed E-state index contributed by atoms with van der Waals surface area (Å²) in [6.45, 7) is 9.38. The Bertz CT molecular complexity index is 269. The Balaban J connectivity index is 2.98. The molecule has 1 rings (SSSR count). The average Bonchev–Trinajstić information content (AvgIpc) is 2.08. The van der Waals surface area contributed by atoms with E-state index < -0.39 is 0 Å². The number of hydrogen-bond acceptors (Lipinski definition) is 3. The van der Waals surface area contributed by atoms with Crippen molar-refractivity contribution >= 4 is 37.8 Å². The molecule has 1 aliphatic rings. The normalized spacial score (nSPS) is 36.8. The maximum atomic E-state index is 11.1. The molecule has 1 saturated heterocycles. The Kier molecular flexibility index (Phi) is 4.13. The molecule has 3 atom stereocenters. The predicted molar refractivity (Wildman–Crippen MR) is 70.2 cm³/mol. The molecule has 0 amide bonds. The standard InChI is InChI=1S/C11H18Br2O3/c1-6(14)15-7-8(12)10(2,3)16-11(4,5)9(7)13/h7-9H,1-5H3/t7?,8-,9+. The van der Waals surface area contributed by atoms with Gasteiger partial charge in [0.2, 0.25) is 0 Å². The fourth-order valence-corrected chi connectivity index (χ4v) is 3.46. The van der Waals surface area contributed by atoms with Gasteiger partial charge in [0, 0.05) is 6.92 Å². The molecule has 1 heterocycles. The lowest BCUT2D eigenvalue weighted by Crippen LogP contribution is -2.62. The molecule has 1 aliphatic heterocycles. The van der Waals surface area contributed by atoms with Crippen molar-refractivity contribution in [2.24, 2.45) is 0 Å². The minimum atomic E-state index is -0.381. The van der Waals surface area contributed by atoms with E-state index in [-0.39, 0.29) is 32.9 Å². The van der Waals surface area contributed by atoms with Crippen LogP contribution in [-0.4, -0.2) is 32.9 Å². The van der Waals surface area contributed by atoms with Crippen LogP contribution in [0.3, 0.4) is 0 Å². The van der Waals surface area contributed by atoms with Gasteiger partial charge >= 0.3 is 5.97 Å². The summed E-state index contributed by atoms with van der Waals surface area (Å²) in [5, 5.41) is 0. The van der Waals surface area contributed by atoms with Crippen molar-refractivity contribution in [3.8, 4) is 0 Å². The van der Waals surface area contributed by atoms with Crippen molar-refractivity contribution in [2.75, 3.05) is 0 Å². The largest absolute Gasteiger partial charge is 0.460 e. The van der Waals surface area contributed by atoms with E-state index in [1.54, 1.807) is 0 Å². The van der Waals surface area contributed by atoms with Gasteiger partial charge in [-0.15, -0.1) is 0 Å². The fourth-order valence-electron chi connectivity index (χ4n) is 2.04. The van der Waals surface area contributed by atoms with Crippen molar-refractivity contribution in [3.05, 3.63) is 0 Å². The van der Waals surface area contributed by atoms with E-state index in [0.717, 1.165) is 0 Å². The summed E-state index contributed by atoms with van der Waals surface area (Å²) in [6, 6.07) is 0. The first kappa shape index (κ1) is 14.5. The molecule has 0 bridgehead atoms. The lowest BCUT2D eigenvalue weighted by atomic mass is 9.86. The summed E-state index contributed by atoms with van der Waals surface area (Å²) in [5.74, 6) is -0.271. The zero-order chi connectivity index (χ0) is 12.7. The third-order valence-electron chi connectivity index (χ3n) is 2.73. The second-order valence-corrected chi connectivity index (χ2v) is 7.16. The summed E-state index contributed by atoms with van der Waals surface area (Å²) in [7, 11) is 0. The van der Waals surface area contributed by atoms with Gasteiger partial charge in [-0.05, 0) is 27.7 Å². The third kappa shape index (κ3) is 2.79. The number of rotatable bonds is 1. The lowest BCUT2D eigenvalue weighted by molar-refractivity contribution is -0.188. The maximum absolute atomic E-state index is 11.1. The van der Waals surface area contributed by atoms with Crippen LogP contribution in [0.25, 0.3) is 0 Å². The van der Waals surface area contributed by atoms with Gasteiger partial charge in [-0.25, -0.2) is 0 Å². The Morgan fingerprint density at radius 1 is 1.12 bits per heavy atom. The SMILES string of the molecule is CC(=O)OC1[C@@H](Br)C(C)(C)OC(C)(C)[C@H]1Br. The summed E-state index contributed by atoms with van der Waals surface area (Å²) in [5.41, 5.74) is -0.762. The second kappa shape index (κ2) is 4.58. The Labute approximate surface area is 114 Å². The number of alkyl halides is 2. The third-order valence-corrected chi connectivity index (χ3v) is 5.98. The Hall–Kier alpha value is 0.390. The minimum Gasteiger partial charge on any atom is -0.460 e. The van der Waals surface area contributed by atoms with Crippen LogP contribution in [0.2, 0.25) is 0 Å². The van der Waals surface area contributed by atoms with E-state index in [0.29, 0.717) is 0 Å². The molecule has 0 spiro atoms. The number of ether oxygens (including phenoxy) is 2. The summed E-state index contributed by atoms with van der Waals surface area (Å²) in [4.78, 5) is 11.0. The van der Waals surface area contributed by atoms with E-state index in [2.05, 4.69) is 31.9 Å². The molecule has 16 heavy (non-hydrogen) atoms. The number of carbonyl (C=O) groups is 1. The average molecular weight is 358 g/mol. The molecule has 0 radical (unpaired) electrons. The molecule has 0 aliphatic carbocycles. The van der Waals surface area contributed by atoms with Crippen LogP contribution in [-0.2, 0) is 14.3 Å². The Morgan fingerprint density at radius 3 is 1.81 bits per heavy atom. The highest BCUT2D eigenvalue weighted by Crippen LogP contribution is 2.43.